The molecule has 1 aromatic rings. The Morgan fingerprint density at radius 1 is 1.35 bits per heavy atom. The van der Waals surface area contributed by atoms with E-state index in [1.807, 2.05) is 0 Å². The van der Waals surface area contributed by atoms with Crippen LogP contribution in [-0.2, 0) is 6.54 Å². The number of benzene rings is 1. The van der Waals surface area contributed by atoms with E-state index in [0.717, 1.165) is 19.0 Å². The molecule has 0 radical (unpaired) electrons. The van der Waals surface area contributed by atoms with Crippen LogP contribution in [0.4, 0.5) is 5.69 Å². The molecular formula is C17H27BrN2. The molecule has 0 aliphatic carbocycles. The molecule has 112 valence electrons. The predicted octanol–water partition coefficient (Wildman–Crippen LogP) is 4.43. The van der Waals surface area contributed by atoms with Crippen molar-refractivity contribution in [2.24, 2.45) is 11.3 Å². The number of anilines is 1. The molecule has 20 heavy (non-hydrogen) atoms. The highest BCUT2D eigenvalue weighted by Crippen LogP contribution is 2.37. The van der Waals surface area contributed by atoms with Gasteiger partial charge < -0.3 is 10.2 Å². The summed E-state index contributed by atoms with van der Waals surface area (Å²) in [5.74, 6) is 0.790. The Morgan fingerprint density at radius 3 is 2.70 bits per heavy atom. The number of hydrogen-bond acceptors (Lipinski definition) is 2. The summed E-state index contributed by atoms with van der Waals surface area (Å²) in [6, 6.07) is 6.68. The summed E-state index contributed by atoms with van der Waals surface area (Å²) in [6.07, 6.45) is 1.31. The largest absolute Gasteiger partial charge is 0.371 e. The summed E-state index contributed by atoms with van der Waals surface area (Å²) in [5.41, 5.74) is 3.21. The molecule has 1 unspecified atom stereocenters. The van der Waals surface area contributed by atoms with Crippen molar-refractivity contribution in [1.29, 1.82) is 0 Å². The molecular weight excluding hydrogens is 312 g/mol. The van der Waals surface area contributed by atoms with E-state index in [2.05, 4.69) is 72.0 Å². The zero-order chi connectivity index (χ0) is 14.8. The van der Waals surface area contributed by atoms with E-state index in [0.29, 0.717) is 5.41 Å². The number of nitrogens with zero attached hydrogens (tertiary/aromatic N) is 1. The van der Waals surface area contributed by atoms with Gasteiger partial charge in [-0.3, -0.25) is 0 Å². The molecule has 0 amide bonds. The van der Waals surface area contributed by atoms with Gasteiger partial charge in [0.25, 0.3) is 0 Å². The molecule has 1 atom stereocenters. The Bertz CT molecular complexity index is 451. The first kappa shape index (κ1) is 15.8. The Morgan fingerprint density at radius 2 is 2.10 bits per heavy atom. The van der Waals surface area contributed by atoms with E-state index in [9.17, 15) is 0 Å². The molecule has 1 saturated heterocycles. The summed E-state index contributed by atoms with van der Waals surface area (Å²) >= 11 is 3.59. The Labute approximate surface area is 132 Å². The summed E-state index contributed by atoms with van der Waals surface area (Å²) in [5, 5.41) is 3.45. The molecule has 1 aliphatic heterocycles. The van der Waals surface area contributed by atoms with E-state index >= 15 is 0 Å². The van der Waals surface area contributed by atoms with Crippen LogP contribution in [0.15, 0.2) is 22.7 Å². The molecule has 0 saturated carbocycles. The Hall–Kier alpha value is -0.540. The van der Waals surface area contributed by atoms with Crippen molar-refractivity contribution in [3.8, 4) is 0 Å². The van der Waals surface area contributed by atoms with Crippen LogP contribution < -0.4 is 10.2 Å². The highest BCUT2D eigenvalue weighted by molar-refractivity contribution is 9.10. The number of nitrogens with one attached hydrogen (secondary N) is 1. The van der Waals surface area contributed by atoms with Crippen LogP contribution in [0, 0.1) is 11.3 Å². The van der Waals surface area contributed by atoms with Gasteiger partial charge in [-0.1, -0.05) is 43.6 Å². The first-order chi connectivity index (χ1) is 9.41. The van der Waals surface area contributed by atoms with Crippen molar-refractivity contribution in [3.63, 3.8) is 0 Å². The molecule has 3 heteroatoms. The normalized spacial score (nSPS) is 19.6. The molecule has 1 aromatic carbocycles. The third kappa shape index (κ3) is 3.76. The van der Waals surface area contributed by atoms with Crippen molar-refractivity contribution in [1.82, 2.24) is 5.32 Å². The second kappa shape index (κ2) is 6.48. The SMILES string of the molecule is CCNCc1cc(Br)ccc1N1CCC(C(C)(C)C)C1. The van der Waals surface area contributed by atoms with Crippen LogP contribution in [0.2, 0.25) is 0 Å². The number of halogens is 1. The standard InChI is InChI=1S/C17H27BrN2/c1-5-19-11-13-10-15(18)6-7-16(13)20-9-8-14(12-20)17(2,3)4/h6-7,10,14,19H,5,8-9,11-12H2,1-4H3. The monoisotopic (exact) mass is 338 g/mol. The van der Waals surface area contributed by atoms with Gasteiger partial charge >= 0.3 is 0 Å². The number of rotatable bonds is 4. The van der Waals surface area contributed by atoms with Gasteiger partial charge in [-0.05, 0) is 48.1 Å². The van der Waals surface area contributed by atoms with Gasteiger partial charge in [-0.2, -0.15) is 0 Å². The first-order valence-corrected chi connectivity index (χ1v) is 8.45. The Kier molecular flexibility index (Phi) is 5.14. The zero-order valence-corrected chi connectivity index (χ0v) is 14.8. The fourth-order valence-electron chi connectivity index (χ4n) is 2.95. The van der Waals surface area contributed by atoms with E-state index in [-0.39, 0.29) is 0 Å². The minimum Gasteiger partial charge on any atom is -0.371 e. The lowest BCUT2D eigenvalue weighted by atomic mass is 9.80. The molecule has 2 nitrogen and oxygen atoms in total. The van der Waals surface area contributed by atoms with E-state index in [1.165, 1.54) is 35.2 Å². The van der Waals surface area contributed by atoms with Gasteiger partial charge in [-0.25, -0.2) is 0 Å². The van der Waals surface area contributed by atoms with Crippen molar-refractivity contribution in [2.75, 3.05) is 24.5 Å². The van der Waals surface area contributed by atoms with Crippen LogP contribution in [0.5, 0.6) is 0 Å². The highest BCUT2D eigenvalue weighted by atomic mass is 79.9. The minimum absolute atomic E-state index is 0.409. The third-order valence-corrected chi connectivity index (χ3v) is 4.85. The van der Waals surface area contributed by atoms with Crippen LogP contribution in [0.3, 0.4) is 0 Å². The van der Waals surface area contributed by atoms with Gasteiger partial charge in [0.2, 0.25) is 0 Å². The van der Waals surface area contributed by atoms with Crippen LogP contribution in [-0.4, -0.2) is 19.6 Å². The molecule has 0 bridgehead atoms. The summed E-state index contributed by atoms with van der Waals surface area (Å²) in [7, 11) is 0. The molecule has 0 aromatic heterocycles. The molecule has 1 heterocycles. The molecule has 1 aliphatic rings. The maximum atomic E-state index is 3.59. The second-order valence-corrected chi connectivity index (χ2v) is 7.77. The molecule has 1 fully saturated rings. The Balaban J connectivity index is 2.16. The number of hydrogen-bond donors (Lipinski definition) is 1. The van der Waals surface area contributed by atoms with Gasteiger partial charge in [-0.15, -0.1) is 0 Å². The lowest BCUT2D eigenvalue weighted by Crippen LogP contribution is -2.27. The predicted molar refractivity (Wildman–Crippen MR) is 91.3 cm³/mol. The maximum absolute atomic E-state index is 3.59. The van der Waals surface area contributed by atoms with Crippen molar-refractivity contribution in [2.45, 2.75) is 40.7 Å². The van der Waals surface area contributed by atoms with Crippen LogP contribution in [0.25, 0.3) is 0 Å². The smallest absolute Gasteiger partial charge is 0.0412 e. The summed E-state index contributed by atoms with van der Waals surface area (Å²) in [6.45, 7) is 13.6. The zero-order valence-electron chi connectivity index (χ0n) is 13.2. The van der Waals surface area contributed by atoms with E-state index in [1.54, 1.807) is 0 Å². The molecule has 1 N–H and O–H groups in total. The van der Waals surface area contributed by atoms with Gasteiger partial charge in [0.15, 0.2) is 0 Å². The van der Waals surface area contributed by atoms with Crippen LogP contribution >= 0.6 is 15.9 Å². The fourth-order valence-corrected chi connectivity index (χ4v) is 3.36. The fraction of sp³-hybridized carbons (Fsp3) is 0.647. The highest BCUT2D eigenvalue weighted by Gasteiger charge is 2.32. The average molecular weight is 339 g/mol. The molecule has 2 rings (SSSR count). The second-order valence-electron chi connectivity index (χ2n) is 6.85. The van der Waals surface area contributed by atoms with Gasteiger partial charge in [0.05, 0.1) is 0 Å². The average Bonchev–Trinajstić information content (AvgIpc) is 2.85. The topological polar surface area (TPSA) is 15.3 Å². The van der Waals surface area contributed by atoms with Gasteiger partial charge in [0, 0.05) is 29.8 Å². The molecule has 0 spiro atoms. The van der Waals surface area contributed by atoms with E-state index in [4.69, 9.17) is 0 Å². The first-order valence-electron chi connectivity index (χ1n) is 7.66. The lowest BCUT2D eigenvalue weighted by molar-refractivity contribution is 0.263. The summed E-state index contributed by atoms with van der Waals surface area (Å²) in [4.78, 5) is 2.56. The van der Waals surface area contributed by atoms with E-state index < -0.39 is 0 Å². The summed E-state index contributed by atoms with van der Waals surface area (Å²) < 4.78 is 1.17. The third-order valence-electron chi connectivity index (χ3n) is 4.36. The minimum atomic E-state index is 0.409. The maximum Gasteiger partial charge on any atom is 0.0412 e. The van der Waals surface area contributed by atoms with Gasteiger partial charge in [0.1, 0.15) is 0 Å². The van der Waals surface area contributed by atoms with Crippen molar-refractivity contribution in [3.05, 3.63) is 28.2 Å². The van der Waals surface area contributed by atoms with Crippen molar-refractivity contribution >= 4 is 21.6 Å². The van der Waals surface area contributed by atoms with Crippen molar-refractivity contribution < 1.29 is 0 Å². The quantitative estimate of drug-likeness (QED) is 0.873. The lowest BCUT2D eigenvalue weighted by Gasteiger charge is -2.28. The van der Waals surface area contributed by atoms with Crippen LogP contribution in [0.1, 0.15) is 39.7 Å².